The van der Waals surface area contributed by atoms with E-state index in [0.717, 1.165) is 48.6 Å². The number of carbonyl (C=O) groups is 2. The Labute approximate surface area is 227 Å². The van der Waals surface area contributed by atoms with Gasteiger partial charge in [-0.2, -0.15) is 26.3 Å². The zero-order chi connectivity index (χ0) is 28.7. The van der Waals surface area contributed by atoms with Gasteiger partial charge in [0, 0.05) is 48.2 Å². The lowest BCUT2D eigenvalue weighted by atomic mass is 9.87. The number of rotatable bonds is 4. The molecule has 0 unspecified atom stereocenters. The summed E-state index contributed by atoms with van der Waals surface area (Å²) in [6.45, 7) is 0.310. The highest BCUT2D eigenvalue weighted by atomic mass is 19.4. The molecule has 0 bridgehead atoms. The van der Waals surface area contributed by atoms with Crippen LogP contribution in [0.15, 0.2) is 48.7 Å². The highest BCUT2D eigenvalue weighted by Gasteiger charge is 2.40. The third kappa shape index (κ3) is 5.83. The minimum Gasteiger partial charge on any atom is -0.361 e. The van der Waals surface area contributed by atoms with Crippen LogP contribution in [0.4, 0.5) is 26.3 Å². The summed E-state index contributed by atoms with van der Waals surface area (Å²) in [5.41, 5.74) is -2.06. The van der Waals surface area contributed by atoms with Crippen LogP contribution in [0.2, 0.25) is 0 Å². The second-order valence-electron chi connectivity index (χ2n) is 10.6. The lowest BCUT2D eigenvalue weighted by Gasteiger charge is -2.43. The normalized spacial score (nSPS) is 19.3. The van der Waals surface area contributed by atoms with Crippen molar-refractivity contribution in [3.05, 3.63) is 70.9 Å². The minimum atomic E-state index is -5.06. The van der Waals surface area contributed by atoms with Gasteiger partial charge in [0.1, 0.15) is 0 Å². The number of hydrogen-bond acceptors (Lipinski definition) is 2. The Morgan fingerprint density at radius 1 is 0.875 bits per heavy atom. The Morgan fingerprint density at radius 3 is 2.17 bits per heavy atom. The van der Waals surface area contributed by atoms with Crippen LogP contribution in [-0.2, 0) is 23.6 Å². The Kier molecular flexibility index (Phi) is 7.58. The average Bonchev–Trinajstić information content (AvgIpc) is 3.34. The van der Waals surface area contributed by atoms with E-state index in [0.29, 0.717) is 12.1 Å². The summed E-state index contributed by atoms with van der Waals surface area (Å²) < 4.78 is 81.0. The third-order valence-corrected chi connectivity index (χ3v) is 7.97. The van der Waals surface area contributed by atoms with Gasteiger partial charge in [-0.05, 0) is 49.1 Å². The smallest absolute Gasteiger partial charge is 0.361 e. The van der Waals surface area contributed by atoms with Gasteiger partial charge in [0.15, 0.2) is 0 Å². The van der Waals surface area contributed by atoms with E-state index in [4.69, 9.17) is 0 Å². The Bertz CT molecular complexity index is 1360. The third-order valence-electron chi connectivity index (χ3n) is 7.97. The van der Waals surface area contributed by atoms with Crippen molar-refractivity contribution >= 4 is 22.7 Å². The van der Waals surface area contributed by atoms with E-state index in [1.54, 1.807) is 11.1 Å². The molecule has 3 aromatic rings. The molecule has 40 heavy (non-hydrogen) atoms. The molecule has 1 saturated carbocycles. The maximum Gasteiger partial charge on any atom is 0.416 e. The van der Waals surface area contributed by atoms with Gasteiger partial charge in [-0.25, -0.2) is 0 Å². The van der Waals surface area contributed by atoms with Crippen LogP contribution in [0.1, 0.15) is 59.2 Å². The molecule has 1 N–H and O–H groups in total. The summed E-state index contributed by atoms with van der Waals surface area (Å²) in [5.74, 6) is -1.04. The summed E-state index contributed by atoms with van der Waals surface area (Å²) in [5, 5.41) is 0.893. The van der Waals surface area contributed by atoms with Crippen molar-refractivity contribution in [2.45, 2.75) is 56.9 Å². The Balaban J connectivity index is 1.48. The molecule has 1 saturated heterocycles. The van der Waals surface area contributed by atoms with Crippen molar-refractivity contribution in [1.82, 2.24) is 14.8 Å². The van der Waals surface area contributed by atoms with E-state index in [1.807, 2.05) is 24.3 Å². The second-order valence-corrected chi connectivity index (χ2v) is 10.6. The van der Waals surface area contributed by atoms with E-state index in [1.165, 1.54) is 4.90 Å². The van der Waals surface area contributed by atoms with Crippen LogP contribution in [0.3, 0.4) is 0 Å². The summed E-state index contributed by atoms with van der Waals surface area (Å²) in [6, 6.07) is 7.79. The number of aromatic amines is 1. The van der Waals surface area contributed by atoms with Crippen molar-refractivity contribution < 1.29 is 35.9 Å². The maximum absolute atomic E-state index is 13.6. The largest absolute Gasteiger partial charge is 0.416 e. The summed E-state index contributed by atoms with van der Waals surface area (Å²) >= 11 is 0. The molecule has 214 valence electrons. The van der Waals surface area contributed by atoms with Crippen LogP contribution in [-0.4, -0.2) is 52.3 Å². The predicted octanol–water partition coefficient (Wildman–Crippen LogP) is 6.68. The van der Waals surface area contributed by atoms with Gasteiger partial charge in [0.25, 0.3) is 5.91 Å². The van der Waals surface area contributed by atoms with Gasteiger partial charge in [-0.15, -0.1) is 0 Å². The number of aromatic nitrogens is 1. The van der Waals surface area contributed by atoms with E-state index in [9.17, 15) is 35.9 Å². The minimum absolute atomic E-state index is 0.00190. The molecule has 5 nitrogen and oxygen atoms in total. The molecule has 2 fully saturated rings. The molecular weight excluding hydrogens is 536 g/mol. The summed E-state index contributed by atoms with van der Waals surface area (Å²) in [4.78, 5) is 33.1. The number of para-hydroxylation sites is 1. The molecule has 2 aliphatic rings. The van der Waals surface area contributed by atoms with Crippen LogP contribution < -0.4 is 0 Å². The fraction of sp³-hybridized carbons (Fsp3) is 0.448. The number of hydrogen-bond donors (Lipinski definition) is 1. The first-order valence-electron chi connectivity index (χ1n) is 13.4. The van der Waals surface area contributed by atoms with E-state index < -0.39 is 41.0 Å². The highest BCUT2D eigenvalue weighted by molar-refractivity contribution is 5.95. The first kappa shape index (κ1) is 28.0. The molecule has 0 radical (unpaired) electrons. The topological polar surface area (TPSA) is 56.4 Å². The van der Waals surface area contributed by atoms with E-state index in [2.05, 4.69) is 4.98 Å². The number of alkyl halides is 6. The first-order chi connectivity index (χ1) is 18.9. The number of H-pyrrole nitrogens is 1. The van der Waals surface area contributed by atoms with Gasteiger partial charge in [-0.1, -0.05) is 37.5 Å². The fourth-order valence-corrected chi connectivity index (χ4v) is 5.90. The monoisotopic (exact) mass is 565 g/mol. The number of nitrogens with zero attached hydrogens (tertiary/aromatic N) is 2. The number of halogens is 6. The van der Waals surface area contributed by atoms with Crippen molar-refractivity contribution in [3.8, 4) is 0 Å². The number of fused-ring (bicyclic) bond motifs is 1. The molecule has 2 heterocycles. The van der Waals surface area contributed by atoms with E-state index in [-0.39, 0.29) is 43.9 Å². The highest BCUT2D eigenvalue weighted by Crippen LogP contribution is 2.37. The lowest BCUT2D eigenvalue weighted by Crippen LogP contribution is -2.58. The molecule has 1 aliphatic carbocycles. The number of benzene rings is 2. The lowest BCUT2D eigenvalue weighted by molar-refractivity contribution is -0.143. The van der Waals surface area contributed by atoms with Gasteiger partial charge >= 0.3 is 12.4 Å². The summed E-state index contributed by atoms with van der Waals surface area (Å²) in [7, 11) is 0. The zero-order valence-corrected chi connectivity index (χ0v) is 21.6. The standard InChI is InChI=1S/C29H29F6N3O2/c30-28(31,32)21-12-19(13-22(15-21)29(33,34)35)27(40)38-11-10-37(26(39)18-6-2-1-3-7-18)17-23(38)14-20-16-36-25-9-5-4-8-24(20)25/h4-5,8-9,12-13,15-16,18,23,36H,1-3,6-7,10-11,14,17H2/t23-/m1/s1. The molecule has 2 amide bonds. The molecule has 2 aromatic carbocycles. The van der Waals surface area contributed by atoms with Crippen molar-refractivity contribution in [2.24, 2.45) is 5.92 Å². The predicted molar refractivity (Wildman–Crippen MR) is 136 cm³/mol. The second kappa shape index (κ2) is 10.8. The summed E-state index contributed by atoms with van der Waals surface area (Å²) in [6.07, 6.45) is -3.50. The molecule has 1 atom stereocenters. The van der Waals surface area contributed by atoms with Crippen LogP contribution in [0, 0.1) is 5.92 Å². The molecule has 5 rings (SSSR count). The number of nitrogens with one attached hydrogen (secondary N) is 1. The molecule has 1 aliphatic heterocycles. The molecular formula is C29H29F6N3O2. The van der Waals surface area contributed by atoms with Crippen LogP contribution in [0.5, 0.6) is 0 Å². The van der Waals surface area contributed by atoms with Crippen molar-refractivity contribution in [2.75, 3.05) is 19.6 Å². The van der Waals surface area contributed by atoms with Gasteiger partial charge in [0.05, 0.1) is 17.2 Å². The van der Waals surface area contributed by atoms with Gasteiger partial charge in [0.2, 0.25) is 5.91 Å². The average molecular weight is 566 g/mol. The Morgan fingerprint density at radius 2 is 1.52 bits per heavy atom. The fourth-order valence-electron chi connectivity index (χ4n) is 5.90. The first-order valence-corrected chi connectivity index (χ1v) is 13.4. The number of carbonyl (C=O) groups excluding carboxylic acids is 2. The molecule has 0 spiro atoms. The number of amides is 2. The zero-order valence-electron chi connectivity index (χ0n) is 21.6. The Hall–Kier alpha value is -3.50. The quantitative estimate of drug-likeness (QED) is 0.359. The van der Waals surface area contributed by atoms with Crippen LogP contribution in [0.25, 0.3) is 10.9 Å². The number of piperazine rings is 1. The van der Waals surface area contributed by atoms with Gasteiger partial charge < -0.3 is 14.8 Å². The maximum atomic E-state index is 13.6. The van der Waals surface area contributed by atoms with Crippen molar-refractivity contribution in [1.29, 1.82) is 0 Å². The van der Waals surface area contributed by atoms with Crippen molar-refractivity contribution in [3.63, 3.8) is 0 Å². The molecule has 11 heteroatoms. The SMILES string of the molecule is O=C(C1CCCCC1)N1CCN(C(=O)c2cc(C(F)(F)F)cc(C(F)(F)F)c2)[C@H](Cc2c[nH]c3ccccc23)C1. The van der Waals surface area contributed by atoms with Gasteiger partial charge in [-0.3, -0.25) is 9.59 Å². The van der Waals surface area contributed by atoms with E-state index >= 15 is 0 Å². The van der Waals surface area contributed by atoms with Crippen LogP contribution >= 0.6 is 0 Å². The molecule has 1 aromatic heterocycles.